The molecule has 2 N–H and O–H groups in total. The third-order valence-corrected chi connectivity index (χ3v) is 4.92. The number of rotatable bonds is 5. The van der Waals surface area contributed by atoms with Crippen molar-refractivity contribution in [1.82, 2.24) is 4.90 Å². The Morgan fingerprint density at radius 1 is 1.33 bits per heavy atom. The van der Waals surface area contributed by atoms with Crippen molar-refractivity contribution in [3.63, 3.8) is 0 Å². The highest BCUT2D eigenvalue weighted by molar-refractivity contribution is 5.96. The minimum atomic E-state index is 0.0484. The number of hydrogen-bond acceptors (Lipinski definition) is 4. The molecule has 21 heavy (non-hydrogen) atoms. The van der Waals surface area contributed by atoms with E-state index in [0.717, 1.165) is 25.6 Å². The van der Waals surface area contributed by atoms with Crippen LogP contribution in [0.15, 0.2) is 24.3 Å². The number of para-hydroxylation sites is 1. The maximum Gasteiger partial charge on any atom is 0.163 e. The zero-order valence-corrected chi connectivity index (χ0v) is 12.6. The number of fused-ring (bicyclic) bond motifs is 1. The number of nitrogens with zero attached hydrogens (tertiary/aromatic N) is 1. The van der Waals surface area contributed by atoms with Crippen molar-refractivity contribution in [1.29, 1.82) is 0 Å². The van der Waals surface area contributed by atoms with Crippen LogP contribution in [0, 0.1) is 11.8 Å². The Morgan fingerprint density at radius 3 is 2.90 bits per heavy atom. The molecule has 114 valence electrons. The normalized spacial score (nSPS) is 28.6. The zero-order chi connectivity index (χ0) is 14.8. The average Bonchev–Trinajstić information content (AvgIpc) is 3.02. The van der Waals surface area contributed by atoms with Crippen molar-refractivity contribution in [2.45, 2.75) is 25.8 Å². The smallest absolute Gasteiger partial charge is 0.163 e. The first-order valence-electron chi connectivity index (χ1n) is 7.86. The topological polar surface area (TPSA) is 55.6 Å². The molecule has 4 heteroatoms. The Hall–Kier alpha value is -1.39. The quantitative estimate of drug-likeness (QED) is 0.841. The molecule has 1 aromatic rings. The molecule has 0 amide bonds. The van der Waals surface area contributed by atoms with Crippen molar-refractivity contribution < 1.29 is 9.53 Å². The van der Waals surface area contributed by atoms with Gasteiger partial charge in [0.2, 0.25) is 0 Å². The Morgan fingerprint density at radius 2 is 2.14 bits per heavy atom. The first-order chi connectivity index (χ1) is 10.1. The van der Waals surface area contributed by atoms with E-state index >= 15 is 0 Å². The highest BCUT2D eigenvalue weighted by atomic mass is 16.5. The Labute approximate surface area is 126 Å². The van der Waals surface area contributed by atoms with E-state index in [1.807, 2.05) is 24.3 Å². The Balaban J connectivity index is 1.50. The minimum absolute atomic E-state index is 0.0484. The van der Waals surface area contributed by atoms with E-state index in [9.17, 15) is 4.79 Å². The highest BCUT2D eigenvalue weighted by Crippen LogP contribution is 2.36. The third-order valence-electron chi connectivity index (χ3n) is 4.92. The molecule has 2 fully saturated rings. The summed E-state index contributed by atoms with van der Waals surface area (Å²) in [5, 5.41) is 0. The van der Waals surface area contributed by atoms with Crippen LogP contribution in [0.4, 0.5) is 0 Å². The number of carbonyl (C=O) groups is 1. The number of ketones is 1. The van der Waals surface area contributed by atoms with Gasteiger partial charge in [0.25, 0.3) is 0 Å². The van der Waals surface area contributed by atoms with E-state index in [1.54, 1.807) is 6.92 Å². The minimum Gasteiger partial charge on any atom is -0.491 e. The molecule has 1 saturated heterocycles. The van der Waals surface area contributed by atoms with Gasteiger partial charge in [-0.2, -0.15) is 0 Å². The number of carbonyl (C=O) groups excluding carboxylic acids is 1. The first-order valence-corrected chi connectivity index (χ1v) is 7.86. The molecule has 0 spiro atoms. The predicted octanol–water partition coefficient (Wildman–Crippen LogP) is 1.94. The van der Waals surface area contributed by atoms with Crippen LogP contribution in [-0.4, -0.2) is 43.0 Å². The SMILES string of the molecule is CC(=O)c1ccccc1OCCN1CC2CCC(N)C2C1. The van der Waals surface area contributed by atoms with Gasteiger partial charge in [-0.15, -0.1) is 0 Å². The molecule has 0 radical (unpaired) electrons. The molecule has 1 aliphatic heterocycles. The van der Waals surface area contributed by atoms with E-state index in [2.05, 4.69) is 4.90 Å². The van der Waals surface area contributed by atoms with Gasteiger partial charge < -0.3 is 10.5 Å². The van der Waals surface area contributed by atoms with Crippen molar-refractivity contribution in [3.05, 3.63) is 29.8 Å². The molecule has 2 aliphatic rings. The average molecular weight is 288 g/mol. The number of nitrogens with two attached hydrogens (primary N) is 1. The first kappa shape index (κ1) is 14.5. The van der Waals surface area contributed by atoms with Crippen LogP contribution in [-0.2, 0) is 0 Å². The van der Waals surface area contributed by atoms with Crippen LogP contribution >= 0.6 is 0 Å². The number of hydrogen-bond donors (Lipinski definition) is 1. The second-order valence-electron chi connectivity index (χ2n) is 6.33. The van der Waals surface area contributed by atoms with Crippen LogP contribution in [0.2, 0.25) is 0 Å². The number of benzene rings is 1. The highest BCUT2D eigenvalue weighted by Gasteiger charge is 2.40. The summed E-state index contributed by atoms with van der Waals surface area (Å²) in [5.41, 5.74) is 6.82. The molecule has 3 rings (SSSR count). The summed E-state index contributed by atoms with van der Waals surface area (Å²) in [4.78, 5) is 14.0. The molecule has 1 heterocycles. The van der Waals surface area contributed by atoms with Gasteiger partial charge in [-0.1, -0.05) is 12.1 Å². The molecular weight excluding hydrogens is 264 g/mol. The van der Waals surface area contributed by atoms with E-state index in [-0.39, 0.29) is 5.78 Å². The predicted molar refractivity (Wildman–Crippen MR) is 82.6 cm³/mol. The number of Topliss-reactive ketones (excluding diaryl/α,β-unsaturated/α-hetero) is 1. The molecule has 1 saturated carbocycles. The van der Waals surface area contributed by atoms with Crippen LogP contribution in [0.25, 0.3) is 0 Å². The summed E-state index contributed by atoms with van der Waals surface area (Å²) in [6.07, 6.45) is 2.46. The maximum atomic E-state index is 11.5. The molecule has 0 aromatic heterocycles. The zero-order valence-electron chi connectivity index (χ0n) is 12.6. The third kappa shape index (κ3) is 3.11. The van der Waals surface area contributed by atoms with Gasteiger partial charge in [-0.25, -0.2) is 0 Å². The fourth-order valence-corrected chi connectivity index (χ4v) is 3.75. The molecule has 0 bridgehead atoms. The summed E-state index contributed by atoms with van der Waals surface area (Å²) >= 11 is 0. The Kier molecular flexibility index (Phi) is 4.27. The fourth-order valence-electron chi connectivity index (χ4n) is 3.75. The van der Waals surface area contributed by atoms with Crippen LogP contribution in [0.1, 0.15) is 30.1 Å². The molecule has 1 aromatic carbocycles. The fraction of sp³-hybridized carbons (Fsp3) is 0.588. The van der Waals surface area contributed by atoms with Gasteiger partial charge in [0.15, 0.2) is 5.78 Å². The number of likely N-dealkylation sites (tertiary alicyclic amines) is 1. The lowest BCUT2D eigenvalue weighted by Gasteiger charge is -2.19. The standard InChI is InChI=1S/C17H24N2O2/c1-12(20)14-4-2-3-5-17(14)21-9-8-19-10-13-6-7-16(18)15(13)11-19/h2-5,13,15-16H,6-11,18H2,1H3. The number of ether oxygens (including phenoxy) is 1. The van der Waals surface area contributed by atoms with Gasteiger partial charge in [0, 0.05) is 25.7 Å². The van der Waals surface area contributed by atoms with Crippen LogP contribution in [0.3, 0.4) is 0 Å². The molecular formula is C17H24N2O2. The molecule has 3 unspecified atom stereocenters. The summed E-state index contributed by atoms with van der Waals surface area (Å²) in [5.74, 6) is 2.20. The molecule has 3 atom stereocenters. The lowest BCUT2D eigenvalue weighted by atomic mass is 9.98. The lowest BCUT2D eigenvalue weighted by molar-refractivity contribution is 0.101. The summed E-state index contributed by atoms with van der Waals surface area (Å²) in [6, 6.07) is 7.84. The maximum absolute atomic E-state index is 11.5. The Bertz CT molecular complexity index is 517. The van der Waals surface area contributed by atoms with E-state index in [1.165, 1.54) is 12.8 Å². The molecule has 4 nitrogen and oxygen atoms in total. The molecule has 1 aliphatic carbocycles. The summed E-state index contributed by atoms with van der Waals surface area (Å²) < 4.78 is 5.82. The van der Waals surface area contributed by atoms with Gasteiger partial charge in [0.1, 0.15) is 12.4 Å². The van der Waals surface area contributed by atoms with Crippen molar-refractivity contribution in [2.24, 2.45) is 17.6 Å². The van der Waals surface area contributed by atoms with Crippen molar-refractivity contribution in [2.75, 3.05) is 26.2 Å². The summed E-state index contributed by atoms with van der Waals surface area (Å²) in [6.45, 7) is 5.36. The lowest BCUT2D eigenvalue weighted by Crippen LogP contribution is -2.32. The summed E-state index contributed by atoms with van der Waals surface area (Å²) in [7, 11) is 0. The monoisotopic (exact) mass is 288 g/mol. The largest absolute Gasteiger partial charge is 0.491 e. The second kappa shape index (κ2) is 6.16. The van der Waals surface area contributed by atoms with Crippen LogP contribution < -0.4 is 10.5 Å². The van der Waals surface area contributed by atoms with E-state index < -0.39 is 0 Å². The van der Waals surface area contributed by atoms with E-state index in [4.69, 9.17) is 10.5 Å². The van der Waals surface area contributed by atoms with Crippen molar-refractivity contribution in [3.8, 4) is 5.75 Å². The van der Waals surface area contributed by atoms with Gasteiger partial charge in [-0.3, -0.25) is 9.69 Å². The van der Waals surface area contributed by atoms with Crippen molar-refractivity contribution >= 4 is 5.78 Å². The van der Waals surface area contributed by atoms with Gasteiger partial charge in [-0.05, 0) is 43.7 Å². The van der Waals surface area contributed by atoms with Crippen LogP contribution in [0.5, 0.6) is 5.75 Å². The van der Waals surface area contributed by atoms with Gasteiger partial charge in [0.05, 0.1) is 5.56 Å². The second-order valence-corrected chi connectivity index (χ2v) is 6.33. The van der Waals surface area contributed by atoms with Gasteiger partial charge >= 0.3 is 0 Å². The van der Waals surface area contributed by atoms with E-state index in [0.29, 0.717) is 29.9 Å².